The molecule has 2 atom stereocenters. The maximum absolute atomic E-state index is 12.1. The summed E-state index contributed by atoms with van der Waals surface area (Å²) in [6.07, 6.45) is 6.14. The Balaban J connectivity index is 2.45. The van der Waals surface area contributed by atoms with E-state index in [1.165, 1.54) is 0 Å². The topological polar surface area (TPSA) is 55.1 Å². The molecule has 0 aliphatic heterocycles. The summed E-state index contributed by atoms with van der Waals surface area (Å²) in [5.74, 6) is 0.341. The van der Waals surface area contributed by atoms with Crippen LogP contribution in [-0.2, 0) is 4.79 Å². The number of hydrogen-bond acceptors (Lipinski definition) is 2. The molecule has 0 bridgehead atoms. The monoisotopic (exact) mass is 226 g/mol. The van der Waals surface area contributed by atoms with Crippen LogP contribution in [0.4, 0.5) is 0 Å². The van der Waals surface area contributed by atoms with Gasteiger partial charge in [0.15, 0.2) is 0 Å². The van der Waals surface area contributed by atoms with Gasteiger partial charge in [-0.15, -0.1) is 0 Å². The van der Waals surface area contributed by atoms with Gasteiger partial charge in [-0.25, -0.2) is 0 Å². The summed E-state index contributed by atoms with van der Waals surface area (Å²) in [4.78, 5) is 12.1. The Morgan fingerprint density at radius 3 is 2.69 bits per heavy atom. The van der Waals surface area contributed by atoms with Crippen molar-refractivity contribution in [2.75, 3.05) is 0 Å². The first kappa shape index (κ1) is 13.5. The predicted molar refractivity (Wildman–Crippen MR) is 67.1 cm³/mol. The molecule has 0 aromatic rings. The van der Waals surface area contributed by atoms with E-state index in [-0.39, 0.29) is 23.4 Å². The molecule has 94 valence electrons. The predicted octanol–water partition coefficient (Wildman–Crippen LogP) is 2.20. The van der Waals surface area contributed by atoms with Gasteiger partial charge >= 0.3 is 0 Å². The fourth-order valence-corrected chi connectivity index (χ4v) is 2.59. The summed E-state index contributed by atoms with van der Waals surface area (Å²) in [6.45, 7) is 6.33. The van der Waals surface area contributed by atoms with Crippen molar-refractivity contribution < 1.29 is 4.79 Å². The van der Waals surface area contributed by atoms with E-state index < -0.39 is 0 Å². The van der Waals surface area contributed by atoms with E-state index in [4.69, 9.17) is 5.73 Å². The maximum atomic E-state index is 12.1. The molecule has 1 aliphatic rings. The lowest BCUT2D eigenvalue weighted by Gasteiger charge is -2.31. The Morgan fingerprint density at radius 2 is 2.12 bits per heavy atom. The highest BCUT2D eigenvalue weighted by Crippen LogP contribution is 2.24. The lowest BCUT2D eigenvalue weighted by atomic mass is 9.85. The summed E-state index contributed by atoms with van der Waals surface area (Å²) in [7, 11) is 0. The van der Waals surface area contributed by atoms with E-state index in [1.54, 1.807) is 0 Å². The van der Waals surface area contributed by atoms with Gasteiger partial charge in [0.05, 0.1) is 0 Å². The van der Waals surface area contributed by atoms with Crippen LogP contribution in [-0.4, -0.2) is 17.5 Å². The number of carbonyl (C=O) groups is 1. The van der Waals surface area contributed by atoms with Crippen LogP contribution in [0, 0.1) is 5.92 Å². The zero-order chi connectivity index (χ0) is 12.2. The fourth-order valence-electron chi connectivity index (χ4n) is 2.59. The van der Waals surface area contributed by atoms with Gasteiger partial charge in [0.2, 0.25) is 5.91 Å². The molecule has 3 nitrogen and oxygen atoms in total. The third-order valence-corrected chi connectivity index (χ3v) is 3.42. The first-order chi connectivity index (χ1) is 7.44. The molecule has 1 saturated carbocycles. The number of carbonyl (C=O) groups excluding carboxylic acids is 1. The van der Waals surface area contributed by atoms with Crippen molar-refractivity contribution in [1.82, 2.24) is 5.32 Å². The molecular formula is C13H26N2O. The molecule has 3 N–H and O–H groups in total. The summed E-state index contributed by atoms with van der Waals surface area (Å²) in [6, 6.07) is 0.221. The summed E-state index contributed by atoms with van der Waals surface area (Å²) < 4.78 is 0. The maximum Gasteiger partial charge on any atom is 0.223 e. The molecule has 0 aromatic carbocycles. The third kappa shape index (κ3) is 4.12. The van der Waals surface area contributed by atoms with Crippen molar-refractivity contribution in [3.05, 3.63) is 0 Å². The van der Waals surface area contributed by atoms with Gasteiger partial charge in [0, 0.05) is 17.5 Å². The lowest BCUT2D eigenvalue weighted by molar-refractivity contribution is -0.127. The minimum Gasteiger partial charge on any atom is -0.351 e. The van der Waals surface area contributed by atoms with E-state index in [0.29, 0.717) is 0 Å². The molecule has 2 unspecified atom stereocenters. The minimum atomic E-state index is -0.0760. The molecule has 1 aliphatic carbocycles. The fraction of sp³-hybridized carbons (Fsp3) is 0.923. The Labute approximate surface area is 99.2 Å². The molecule has 3 heteroatoms. The van der Waals surface area contributed by atoms with Crippen LogP contribution in [0.1, 0.15) is 59.3 Å². The summed E-state index contributed by atoms with van der Waals surface area (Å²) in [5, 5.41) is 3.15. The molecule has 0 aromatic heterocycles. The zero-order valence-electron chi connectivity index (χ0n) is 10.9. The average Bonchev–Trinajstić information content (AvgIpc) is 2.16. The summed E-state index contributed by atoms with van der Waals surface area (Å²) >= 11 is 0. The number of hydrogen-bond donors (Lipinski definition) is 2. The number of amides is 1. The second-order valence-corrected chi connectivity index (χ2v) is 5.75. The van der Waals surface area contributed by atoms with Crippen LogP contribution in [0.25, 0.3) is 0 Å². The van der Waals surface area contributed by atoms with Crippen molar-refractivity contribution in [3.8, 4) is 0 Å². The normalized spacial score (nSPS) is 26.5. The Bertz CT molecular complexity index is 238. The molecular weight excluding hydrogens is 200 g/mol. The van der Waals surface area contributed by atoms with Gasteiger partial charge in [0.25, 0.3) is 0 Å². The highest BCUT2D eigenvalue weighted by molar-refractivity contribution is 5.79. The van der Waals surface area contributed by atoms with Crippen molar-refractivity contribution in [2.24, 2.45) is 11.7 Å². The molecule has 0 saturated heterocycles. The van der Waals surface area contributed by atoms with Crippen LogP contribution in [0.3, 0.4) is 0 Å². The minimum absolute atomic E-state index is 0.0760. The smallest absolute Gasteiger partial charge is 0.223 e. The quantitative estimate of drug-likeness (QED) is 0.772. The highest BCUT2D eigenvalue weighted by Gasteiger charge is 2.28. The van der Waals surface area contributed by atoms with Crippen LogP contribution < -0.4 is 11.1 Å². The second kappa shape index (κ2) is 5.67. The second-order valence-electron chi connectivity index (χ2n) is 5.75. The molecule has 0 heterocycles. The number of rotatable bonds is 4. The van der Waals surface area contributed by atoms with E-state index in [0.717, 1.165) is 38.5 Å². The highest BCUT2D eigenvalue weighted by atomic mass is 16.2. The van der Waals surface area contributed by atoms with Crippen LogP contribution in [0.15, 0.2) is 0 Å². The van der Waals surface area contributed by atoms with Crippen LogP contribution in [0.2, 0.25) is 0 Å². The summed E-state index contributed by atoms with van der Waals surface area (Å²) in [5.41, 5.74) is 5.83. The molecule has 1 rings (SSSR count). The van der Waals surface area contributed by atoms with E-state index >= 15 is 0 Å². The molecule has 16 heavy (non-hydrogen) atoms. The van der Waals surface area contributed by atoms with Gasteiger partial charge in [-0.3, -0.25) is 4.79 Å². The van der Waals surface area contributed by atoms with Gasteiger partial charge in [-0.1, -0.05) is 19.8 Å². The molecule has 0 radical (unpaired) electrons. The first-order valence-corrected chi connectivity index (χ1v) is 6.52. The molecule has 0 spiro atoms. The Morgan fingerprint density at radius 1 is 1.44 bits per heavy atom. The van der Waals surface area contributed by atoms with Crippen LogP contribution >= 0.6 is 0 Å². The number of nitrogens with one attached hydrogen (secondary N) is 1. The van der Waals surface area contributed by atoms with Gasteiger partial charge < -0.3 is 11.1 Å². The lowest BCUT2D eigenvalue weighted by Crippen LogP contribution is -2.47. The van der Waals surface area contributed by atoms with Crippen molar-refractivity contribution in [3.63, 3.8) is 0 Å². The SMILES string of the molecule is CCCC(C)(C)NC(=O)C1CCCC(N)C1. The van der Waals surface area contributed by atoms with E-state index in [2.05, 4.69) is 26.1 Å². The van der Waals surface area contributed by atoms with Crippen LogP contribution in [0.5, 0.6) is 0 Å². The molecule has 1 amide bonds. The first-order valence-electron chi connectivity index (χ1n) is 6.52. The molecule has 1 fully saturated rings. The van der Waals surface area contributed by atoms with E-state index in [9.17, 15) is 4.79 Å². The Kier molecular flexibility index (Phi) is 4.78. The van der Waals surface area contributed by atoms with Crippen molar-refractivity contribution in [2.45, 2.75) is 70.9 Å². The Hall–Kier alpha value is -0.570. The largest absolute Gasteiger partial charge is 0.351 e. The van der Waals surface area contributed by atoms with Crippen molar-refractivity contribution in [1.29, 1.82) is 0 Å². The van der Waals surface area contributed by atoms with Gasteiger partial charge in [-0.2, -0.15) is 0 Å². The number of nitrogens with two attached hydrogens (primary N) is 1. The third-order valence-electron chi connectivity index (χ3n) is 3.42. The standard InChI is InChI=1S/C13H26N2O/c1-4-8-13(2,3)15-12(16)10-6-5-7-11(14)9-10/h10-11H,4-9,14H2,1-3H3,(H,15,16). The van der Waals surface area contributed by atoms with Gasteiger partial charge in [-0.05, 0) is 39.5 Å². The van der Waals surface area contributed by atoms with Crippen molar-refractivity contribution >= 4 is 5.91 Å². The average molecular weight is 226 g/mol. The van der Waals surface area contributed by atoms with Gasteiger partial charge in [0.1, 0.15) is 0 Å². The van der Waals surface area contributed by atoms with E-state index in [1.807, 2.05) is 0 Å². The zero-order valence-corrected chi connectivity index (χ0v) is 10.9.